The maximum atomic E-state index is 7.08. The fourth-order valence-corrected chi connectivity index (χ4v) is 13.9. The first-order valence-corrected chi connectivity index (χ1v) is 17.7. The van der Waals surface area contributed by atoms with Crippen molar-refractivity contribution in [1.82, 2.24) is 0 Å². The van der Waals surface area contributed by atoms with E-state index in [0.717, 1.165) is 0 Å². The molecule has 3 heteroatoms. The van der Waals surface area contributed by atoms with Crippen molar-refractivity contribution in [2.75, 3.05) is 0 Å². The molecule has 0 bridgehead atoms. The van der Waals surface area contributed by atoms with Crippen molar-refractivity contribution in [3.63, 3.8) is 0 Å². The van der Waals surface area contributed by atoms with E-state index in [-0.39, 0.29) is 7.25 Å². The first-order valence-electron chi connectivity index (χ1n) is 8.51. The van der Waals surface area contributed by atoms with Gasteiger partial charge in [-0.1, -0.05) is 20.3 Å². The molecular formula is C21H22Cl2Zr. The molecule has 2 aromatic rings. The zero-order chi connectivity index (χ0) is 17.2. The molecule has 4 rings (SSSR count). The van der Waals surface area contributed by atoms with Gasteiger partial charge < -0.3 is 0 Å². The molecule has 0 radical (unpaired) electrons. The van der Waals surface area contributed by atoms with E-state index in [0.29, 0.717) is 0 Å². The summed E-state index contributed by atoms with van der Waals surface area (Å²) in [5.41, 5.74) is 5.13. The van der Waals surface area contributed by atoms with Crippen LogP contribution in [0.5, 0.6) is 0 Å². The predicted molar refractivity (Wildman–Crippen MR) is 104 cm³/mol. The molecule has 0 nitrogen and oxygen atoms in total. The Hall–Kier alpha value is -0.617. The first-order chi connectivity index (χ1) is 11.6. The fourth-order valence-electron chi connectivity index (χ4n) is 3.36. The van der Waals surface area contributed by atoms with Crippen LogP contribution in [0.15, 0.2) is 60.7 Å². The maximum absolute atomic E-state index is 7.08. The molecule has 0 amide bonds. The van der Waals surface area contributed by atoms with Gasteiger partial charge in [-0.15, -0.1) is 0 Å². The number of fused-ring (bicyclic) bond motifs is 2. The van der Waals surface area contributed by atoms with Gasteiger partial charge in [-0.2, -0.15) is 0 Å². The van der Waals surface area contributed by atoms with E-state index < -0.39 is 17.9 Å². The summed E-state index contributed by atoms with van der Waals surface area (Å²) in [6, 6.07) is 16.9. The summed E-state index contributed by atoms with van der Waals surface area (Å²) in [4.78, 5) is 0. The Balaban J connectivity index is 0.000000526. The molecule has 0 aromatic heterocycles. The van der Waals surface area contributed by atoms with Crippen LogP contribution in [0.4, 0.5) is 0 Å². The van der Waals surface area contributed by atoms with Crippen molar-refractivity contribution < 1.29 is 17.9 Å². The summed E-state index contributed by atoms with van der Waals surface area (Å²) >= 11 is -3.43. The molecule has 0 saturated carbocycles. The van der Waals surface area contributed by atoms with Gasteiger partial charge in [0.25, 0.3) is 0 Å². The van der Waals surface area contributed by atoms with Gasteiger partial charge in [0, 0.05) is 0 Å². The number of hydrogen-bond donors (Lipinski definition) is 0. The third-order valence-electron chi connectivity index (χ3n) is 4.43. The summed E-state index contributed by atoms with van der Waals surface area (Å²) in [6.07, 6.45) is 10.0. The molecule has 0 heterocycles. The second kappa shape index (κ2) is 7.73. The molecule has 0 saturated heterocycles. The zero-order valence-corrected chi connectivity index (χ0v) is 18.0. The van der Waals surface area contributed by atoms with Crippen LogP contribution < -0.4 is 0 Å². The van der Waals surface area contributed by atoms with Crippen LogP contribution in [-0.2, 0) is 17.9 Å². The average molecular weight is 437 g/mol. The van der Waals surface area contributed by atoms with E-state index in [1.165, 1.54) is 28.7 Å². The van der Waals surface area contributed by atoms with Crippen LogP contribution in [0.25, 0.3) is 12.2 Å². The van der Waals surface area contributed by atoms with Gasteiger partial charge in [-0.25, -0.2) is 0 Å². The van der Waals surface area contributed by atoms with Gasteiger partial charge in [-0.05, 0) is 0 Å². The van der Waals surface area contributed by atoms with E-state index in [2.05, 4.69) is 86.7 Å². The number of benzene rings is 2. The van der Waals surface area contributed by atoms with E-state index in [9.17, 15) is 0 Å². The average Bonchev–Trinajstić information content (AvgIpc) is 3.20. The molecule has 0 N–H and O–H groups in total. The second-order valence-electron chi connectivity index (χ2n) is 6.31. The second-order valence-corrected chi connectivity index (χ2v) is 21.2. The number of hydrogen-bond acceptors (Lipinski definition) is 0. The minimum absolute atomic E-state index is 0.222. The van der Waals surface area contributed by atoms with Gasteiger partial charge in [0.15, 0.2) is 0 Å². The molecule has 2 unspecified atom stereocenters. The van der Waals surface area contributed by atoms with Crippen molar-refractivity contribution in [3.8, 4) is 0 Å². The van der Waals surface area contributed by atoms with Crippen molar-refractivity contribution in [3.05, 3.63) is 82.9 Å². The quantitative estimate of drug-likeness (QED) is 0.460. The Labute approximate surface area is 156 Å². The van der Waals surface area contributed by atoms with Gasteiger partial charge in [0.05, 0.1) is 0 Å². The topological polar surface area (TPSA) is 0 Å². The van der Waals surface area contributed by atoms with E-state index in [4.69, 9.17) is 17.0 Å². The molecule has 2 aliphatic carbocycles. The van der Waals surface area contributed by atoms with Crippen LogP contribution in [-0.4, -0.2) is 0 Å². The Morgan fingerprint density at radius 3 is 1.54 bits per heavy atom. The number of allylic oxidation sites excluding steroid dienone is 2. The van der Waals surface area contributed by atoms with Gasteiger partial charge >= 0.3 is 137 Å². The SMILES string of the molecule is CCC.[Cl][Zr]([Cl])([CH]1C=Cc2ccccc21)[CH]1C=Cc2ccccc21. The first kappa shape index (κ1) is 18.2. The molecule has 124 valence electrons. The molecule has 2 atom stereocenters. The molecule has 24 heavy (non-hydrogen) atoms. The normalized spacial score (nSPS) is 20.3. The van der Waals surface area contributed by atoms with Crippen LogP contribution >= 0.6 is 17.0 Å². The van der Waals surface area contributed by atoms with Crippen molar-refractivity contribution in [1.29, 1.82) is 0 Å². The van der Waals surface area contributed by atoms with Gasteiger partial charge in [0.1, 0.15) is 0 Å². The minimum atomic E-state index is -3.43. The van der Waals surface area contributed by atoms with E-state index in [1.54, 1.807) is 0 Å². The fraction of sp³-hybridized carbons (Fsp3) is 0.238. The van der Waals surface area contributed by atoms with Crippen molar-refractivity contribution in [2.45, 2.75) is 27.5 Å². The molecular weight excluding hydrogens is 414 g/mol. The summed E-state index contributed by atoms with van der Waals surface area (Å²) in [5, 5.41) is 0. The monoisotopic (exact) mass is 434 g/mol. The summed E-state index contributed by atoms with van der Waals surface area (Å²) in [5.74, 6) is 0. The molecule has 2 aliphatic rings. The zero-order valence-electron chi connectivity index (χ0n) is 14.0. The van der Waals surface area contributed by atoms with Crippen molar-refractivity contribution >= 4 is 29.2 Å². The van der Waals surface area contributed by atoms with Gasteiger partial charge in [-0.3, -0.25) is 0 Å². The van der Waals surface area contributed by atoms with E-state index >= 15 is 0 Å². The number of halogens is 2. The Bertz CT molecular complexity index is 713. The van der Waals surface area contributed by atoms with Crippen molar-refractivity contribution in [2.24, 2.45) is 0 Å². The summed E-state index contributed by atoms with van der Waals surface area (Å²) < 4.78 is 0.444. The van der Waals surface area contributed by atoms with Crippen LogP contribution in [0.3, 0.4) is 0 Å². The van der Waals surface area contributed by atoms with Crippen LogP contribution in [0.2, 0.25) is 0 Å². The third-order valence-corrected chi connectivity index (χ3v) is 16.5. The van der Waals surface area contributed by atoms with Crippen LogP contribution in [0.1, 0.15) is 49.8 Å². The van der Waals surface area contributed by atoms with Crippen LogP contribution in [0, 0.1) is 0 Å². The molecule has 0 aliphatic heterocycles. The summed E-state index contributed by atoms with van der Waals surface area (Å²) in [6.45, 7) is 4.25. The Kier molecular flexibility index (Phi) is 5.86. The van der Waals surface area contributed by atoms with E-state index in [1.807, 2.05) is 0 Å². The third kappa shape index (κ3) is 3.36. The standard InChI is InChI=1S/2C9H7.C3H8.2ClH.Zr/c2*1-2-5-9-7-3-6-8(9)4-1;1-3-2;;;/h2*1-7H;3H2,1-2H3;2*1H;/q;;;;;+2/p-2. The molecule has 0 fully saturated rings. The number of rotatable bonds is 2. The summed E-state index contributed by atoms with van der Waals surface area (Å²) in [7, 11) is 14.2. The van der Waals surface area contributed by atoms with Gasteiger partial charge in [0.2, 0.25) is 0 Å². The Morgan fingerprint density at radius 1 is 0.750 bits per heavy atom. The molecule has 2 aromatic carbocycles. The molecule has 0 spiro atoms. The predicted octanol–water partition coefficient (Wildman–Crippen LogP) is 7.40. The Morgan fingerprint density at radius 2 is 1.12 bits per heavy atom.